The summed E-state index contributed by atoms with van der Waals surface area (Å²) < 4.78 is 13.4. The molecule has 2 atom stereocenters. The molecule has 1 aromatic carbocycles. The third-order valence-electron chi connectivity index (χ3n) is 3.30. The molecule has 0 aliphatic heterocycles. The summed E-state index contributed by atoms with van der Waals surface area (Å²) in [6.45, 7) is 2.01. The van der Waals surface area contributed by atoms with Crippen LogP contribution in [0.4, 0.5) is 15.8 Å². The number of rotatable bonds is 5. The number of carboxylic acid groups (broad SMARTS) is 1. The molecule has 2 N–H and O–H groups in total. The van der Waals surface area contributed by atoms with Gasteiger partial charge in [0.05, 0.1) is 16.6 Å². The van der Waals surface area contributed by atoms with Crippen molar-refractivity contribution in [3.8, 4) is 0 Å². The van der Waals surface area contributed by atoms with E-state index in [2.05, 4.69) is 5.32 Å². The molecule has 0 radical (unpaired) electrons. The lowest BCUT2D eigenvalue weighted by Gasteiger charge is -2.08. The highest BCUT2D eigenvalue weighted by atomic mass is 19.1. The molecule has 1 aromatic rings. The van der Waals surface area contributed by atoms with Gasteiger partial charge in [-0.15, -0.1) is 0 Å². The number of halogens is 1. The van der Waals surface area contributed by atoms with Gasteiger partial charge in [0.2, 0.25) is 0 Å². The summed E-state index contributed by atoms with van der Waals surface area (Å²) in [5.74, 6) is -2.12. The first-order valence-electron chi connectivity index (χ1n) is 5.91. The van der Waals surface area contributed by atoms with E-state index in [9.17, 15) is 19.3 Å². The molecule has 6 nitrogen and oxygen atoms in total. The zero-order valence-corrected chi connectivity index (χ0v) is 10.2. The van der Waals surface area contributed by atoms with Gasteiger partial charge in [0.25, 0.3) is 5.69 Å². The highest BCUT2D eigenvalue weighted by molar-refractivity contribution is 5.90. The van der Waals surface area contributed by atoms with Crippen LogP contribution in [0.15, 0.2) is 12.1 Å². The van der Waals surface area contributed by atoms with E-state index >= 15 is 0 Å². The standard InChI is InChI=1S/C12H13FN2O4/c1-2-6-3-9(6)14-10-4-7(12(16)17)8(13)5-11(10)15(18)19/h4-6,9,14H,2-3H2,1H3,(H,16,17). The highest BCUT2D eigenvalue weighted by Crippen LogP contribution is 2.38. The van der Waals surface area contributed by atoms with E-state index in [0.717, 1.165) is 18.9 Å². The van der Waals surface area contributed by atoms with Crippen molar-refractivity contribution in [2.24, 2.45) is 5.92 Å². The van der Waals surface area contributed by atoms with Crippen molar-refractivity contribution in [1.29, 1.82) is 0 Å². The first-order valence-corrected chi connectivity index (χ1v) is 5.91. The number of benzene rings is 1. The smallest absolute Gasteiger partial charge is 0.338 e. The maximum Gasteiger partial charge on any atom is 0.338 e. The van der Waals surface area contributed by atoms with Crippen LogP contribution < -0.4 is 5.32 Å². The zero-order valence-electron chi connectivity index (χ0n) is 10.2. The summed E-state index contributed by atoms with van der Waals surface area (Å²) >= 11 is 0. The summed E-state index contributed by atoms with van der Waals surface area (Å²) in [4.78, 5) is 21.0. The maximum absolute atomic E-state index is 13.4. The molecule has 19 heavy (non-hydrogen) atoms. The van der Waals surface area contributed by atoms with Crippen molar-refractivity contribution in [3.63, 3.8) is 0 Å². The first-order chi connectivity index (χ1) is 8.93. The van der Waals surface area contributed by atoms with Gasteiger partial charge in [-0.3, -0.25) is 10.1 Å². The summed E-state index contributed by atoms with van der Waals surface area (Å²) in [5.41, 5.74) is -0.948. The van der Waals surface area contributed by atoms with E-state index in [4.69, 9.17) is 5.11 Å². The van der Waals surface area contributed by atoms with Crippen LogP contribution in [0.5, 0.6) is 0 Å². The molecule has 1 fully saturated rings. The number of carbonyl (C=O) groups is 1. The van der Waals surface area contributed by atoms with Crippen LogP contribution in [-0.2, 0) is 0 Å². The van der Waals surface area contributed by atoms with Gasteiger partial charge in [-0.2, -0.15) is 0 Å². The number of nitro groups is 1. The number of nitro benzene ring substituents is 1. The third-order valence-corrected chi connectivity index (χ3v) is 3.30. The molecule has 1 aliphatic rings. The SMILES string of the molecule is CCC1CC1Nc1cc(C(=O)O)c(F)cc1[N+](=O)[O-]. The number of nitrogens with one attached hydrogen (secondary N) is 1. The van der Waals surface area contributed by atoms with Gasteiger partial charge >= 0.3 is 5.97 Å². The van der Waals surface area contributed by atoms with Crippen molar-refractivity contribution in [1.82, 2.24) is 0 Å². The van der Waals surface area contributed by atoms with Gasteiger partial charge in [-0.05, 0) is 18.4 Å². The minimum absolute atomic E-state index is 0.0600. The number of carboxylic acids is 1. The minimum atomic E-state index is -1.45. The quantitative estimate of drug-likeness (QED) is 0.632. The van der Waals surface area contributed by atoms with Gasteiger partial charge in [0.1, 0.15) is 11.5 Å². The summed E-state index contributed by atoms with van der Waals surface area (Å²) in [6, 6.07) is 1.73. The van der Waals surface area contributed by atoms with Crippen LogP contribution in [0.3, 0.4) is 0 Å². The van der Waals surface area contributed by atoms with E-state index in [1.165, 1.54) is 0 Å². The first kappa shape index (κ1) is 13.3. The molecule has 7 heteroatoms. The Hall–Kier alpha value is -2.18. The highest BCUT2D eigenvalue weighted by Gasteiger charge is 2.37. The van der Waals surface area contributed by atoms with Crippen LogP contribution >= 0.6 is 0 Å². The van der Waals surface area contributed by atoms with Gasteiger partial charge < -0.3 is 10.4 Å². The van der Waals surface area contributed by atoms with Crippen LogP contribution in [-0.4, -0.2) is 22.0 Å². The molecular formula is C12H13FN2O4. The predicted octanol–water partition coefficient (Wildman–Crippen LogP) is 2.64. The molecule has 0 heterocycles. The fourth-order valence-corrected chi connectivity index (χ4v) is 2.07. The topological polar surface area (TPSA) is 92.5 Å². The van der Waals surface area contributed by atoms with E-state index in [-0.39, 0.29) is 11.7 Å². The second kappa shape index (κ2) is 4.83. The molecule has 2 unspecified atom stereocenters. The Morgan fingerprint density at radius 1 is 1.63 bits per heavy atom. The second-order valence-electron chi connectivity index (χ2n) is 4.57. The summed E-state index contributed by atoms with van der Waals surface area (Å²) in [7, 11) is 0. The zero-order chi connectivity index (χ0) is 14.2. The van der Waals surface area contributed by atoms with Crippen LogP contribution in [0.25, 0.3) is 0 Å². The Morgan fingerprint density at radius 2 is 2.32 bits per heavy atom. The molecule has 1 aliphatic carbocycles. The second-order valence-corrected chi connectivity index (χ2v) is 4.57. The van der Waals surface area contributed by atoms with Gasteiger partial charge in [-0.1, -0.05) is 13.3 Å². The number of anilines is 1. The Morgan fingerprint density at radius 3 is 2.79 bits per heavy atom. The van der Waals surface area contributed by atoms with Crippen molar-refractivity contribution >= 4 is 17.3 Å². The normalized spacial score (nSPS) is 20.9. The summed E-state index contributed by atoms with van der Waals surface area (Å²) in [5, 5.41) is 22.6. The molecule has 0 amide bonds. The van der Waals surface area contributed by atoms with E-state index in [1.807, 2.05) is 6.92 Å². The number of hydrogen-bond donors (Lipinski definition) is 2. The fourth-order valence-electron chi connectivity index (χ4n) is 2.07. The molecule has 0 bridgehead atoms. The monoisotopic (exact) mass is 268 g/mol. The Labute approximate surface area is 108 Å². The lowest BCUT2D eigenvalue weighted by atomic mass is 10.1. The summed E-state index contributed by atoms with van der Waals surface area (Å²) in [6.07, 6.45) is 1.83. The lowest BCUT2D eigenvalue weighted by molar-refractivity contribution is -0.384. The Balaban J connectivity index is 2.35. The largest absolute Gasteiger partial charge is 0.478 e. The third kappa shape index (κ3) is 2.64. The molecule has 102 valence electrons. The molecule has 0 aromatic heterocycles. The average molecular weight is 268 g/mol. The van der Waals surface area contributed by atoms with Crippen LogP contribution in [0.2, 0.25) is 0 Å². The fraction of sp³-hybridized carbons (Fsp3) is 0.417. The average Bonchev–Trinajstić information content (AvgIpc) is 3.08. The van der Waals surface area contributed by atoms with Gasteiger partial charge in [0.15, 0.2) is 0 Å². The molecular weight excluding hydrogens is 255 g/mol. The molecule has 1 saturated carbocycles. The van der Waals surface area contributed by atoms with Gasteiger partial charge in [-0.25, -0.2) is 9.18 Å². The van der Waals surface area contributed by atoms with Crippen LogP contribution in [0.1, 0.15) is 30.1 Å². The van der Waals surface area contributed by atoms with E-state index in [0.29, 0.717) is 12.0 Å². The maximum atomic E-state index is 13.4. The lowest BCUT2D eigenvalue weighted by Crippen LogP contribution is -2.10. The van der Waals surface area contributed by atoms with E-state index in [1.54, 1.807) is 0 Å². The van der Waals surface area contributed by atoms with Crippen LogP contribution in [0, 0.1) is 21.8 Å². The molecule has 0 spiro atoms. The van der Waals surface area contributed by atoms with Gasteiger partial charge in [0, 0.05) is 6.04 Å². The number of nitrogens with zero attached hydrogens (tertiary/aromatic N) is 1. The van der Waals surface area contributed by atoms with Crippen molar-refractivity contribution in [2.45, 2.75) is 25.8 Å². The van der Waals surface area contributed by atoms with Crippen molar-refractivity contribution in [3.05, 3.63) is 33.6 Å². The van der Waals surface area contributed by atoms with E-state index < -0.39 is 28.0 Å². The molecule has 2 rings (SSSR count). The Kier molecular flexibility index (Phi) is 3.37. The van der Waals surface area contributed by atoms with Crippen molar-refractivity contribution < 1.29 is 19.2 Å². The number of aromatic carboxylic acids is 1. The van der Waals surface area contributed by atoms with Crippen molar-refractivity contribution in [2.75, 3.05) is 5.32 Å². The predicted molar refractivity (Wildman–Crippen MR) is 65.8 cm³/mol. The minimum Gasteiger partial charge on any atom is -0.478 e. The Bertz CT molecular complexity index is 547. The number of hydrogen-bond acceptors (Lipinski definition) is 4. The molecule has 0 saturated heterocycles.